The molecule has 4 aliphatic carbocycles. The predicted octanol–water partition coefficient (Wildman–Crippen LogP) is 19.2. The van der Waals surface area contributed by atoms with Crippen LogP contribution in [0, 0.1) is 20.8 Å². The van der Waals surface area contributed by atoms with Gasteiger partial charge < -0.3 is 0 Å². The van der Waals surface area contributed by atoms with E-state index in [4.69, 9.17) is 0 Å². The van der Waals surface area contributed by atoms with Crippen molar-refractivity contribution in [1.29, 1.82) is 0 Å². The van der Waals surface area contributed by atoms with Gasteiger partial charge in [-0.05, 0) is 146 Å². The van der Waals surface area contributed by atoms with Crippen LogP contribution in [-0.2, 0) is 18.3 Å². The number of hydrogen-bond acceptors (Lipinski definition) is 0. The smallest absolute Gasteiger partial charge is 0.0725 e. The molecule has 0 radical (unpaired) electrons. The highest BCUT2D eigenvalue weighted by Gasteiger charge is 2.51. The second-order valence-corrected chi connectivity index (χ2v) is 18.7. The van der Waals surface area contributed by atoms with Crippen molar-refractivity contribution in [3.05, 3.63) is 261 Å². The highest BCUT2D eigenvalue weighted by Crippen LogP contribution is 2.62. The van der Waals surface area contributed by atoms with E-state index in [1.165, 1.54) is 137 Å². The Morgan fingerprint density at radius 3 is 1.33 bits per heavy atom. The minimum atomic E-state index is -0.189. The Labute approximate surface area is 412 Å². The number of fused-ring (bicyclic) bond motifs is 16. The van der Waals surface area contributed by atoms with E-state index < -0.39 is 0 Å². The molecule has 342 valence electrons. The van der Waals surface area contributed by atoms with Gasteiger partial charge in [0.05, 0.1) is 5.41 Å². The Hall–Kier alpha value is -7.28. The third kappa shape index (κ3) is 8.86. The monoisotopic (exact) mass is 895 g/mol. The zero-order valence-electron chi connectivity index (χ0n) is 41.7. The maximum absolute atomic E-state index is 2.40. The molecule has 9 aromatic carbocycles. The summed E-state index contributed by atoms with van der Waals surface area (Å²) in [6.07, 6.45) is 15.4. The number of allylic oxidation sites excluding steroid dienone is 2. The average Bonchev–Trinajstić information content (AvgIpc) is 3.87. The van der Waals surface area contributed by atoms with E-state index in [1.54, 1.807) is 11.1 Å². The Bertz CT molecular complexity index is 3240. The fraction of sp³-hybridized carbons (Fsp3) is 0.188. The van der Waals surface area contributed by atoms with Crippen LogP contribution in [0.15, 0.2) is 200 Å². The van der Waals surface area contributed by atoms with Gasteiger partial charge in [0.15, 0.2) is 0 Å². The second-order valence-electron chi connectivity index (χ2n) is 18.7. The lowest BCUT2D eigenvalue weighted by Crippen LogP contribution is -2.25. The van der Waals surface area contributed by atoms with E-state index >= 15 is 0 Å². The summed E-state index contributed by atoms with van der Waals surface area (Å²) in [5.41, 5.74) is 26.2. The molecule has 13 rings (SSSR count). The van der Waals surface area contributed by atoms with Gasteiger partial charge >= 0.3 is 0 Å². The molecule has 0 heteroatoms. The maximum Gasteiger partial charge on any atom is 0.0725 e. The summed E-state index contributed by atoms with van der Waals surface area (Å²) >= 11 is 0. The predicted molar refractivity (Wildman–Crippen MR) is 300 cm³/mol. The quantitative estimate of drug-likeness (QED) is 0.162. The Morgan fingerprint density at radius 1 is 0.362 bits per heavy atom. The van der Waals surface area contributed by atoms with Gasteiger partial charge in [0.2, 0.25) is 0 Å². The largest absolute Gasteiger partial charge is 0.0836 e. The number of aryl methyl sites for hydroxylation is 3. The number of hydrogen-bond donors (Lipinski definition) is 0. The van der Waals surface area contributed by atoms with Crippen LogP contribution < -0.4 is 0 Å². The summed E-state index contributed by atoms with van der Waals surface area (Å²) < 4.78 is 0. The lowest BCUT2D eigenvalue weighted by molar-refractivity contribution is 0.792. The van der Waals surface area contributed by atoms with Crippen molar-refractivity contribution in [3.8, 4) is 44.5 Å². The maximum atomic E-state index is 2.40. The summed E-state index contributed by atoms with van der Waals surface area (Å²) in [6.45, 7) is 14.8. The summed E-state index contributed by atoms with van der Waals surface area (Å²) in [5, 5.41) is 2.87. The van der Waals surface area contributed by atoms with E-state index in [0.717, 1.165) is 0 Å². The molecular formula is C69H66. The Morgan fingerprint density at radius 2 is 0.783 bits per heavy atom. The summed E-state index contributed by atoms with van der Waals surface area (Å²) in [5.74, 6) is 0. The molecule has 0 unspecified atom stereocenters. The normalized spacial score (nSPS) is 13.3. The molecule has 0 saturated heterocycles. The van der Waals surface area contributed by atoms with E-state index in [9.17, 15) is 0 Å². The van der Waals surface area contributed by atoms with Crippen LogP contribution in [0.5, 0.6) is 0 Å². The SMILES string of the molecule is CC.CCC.Cc1ccc2c(c1)C1(c3ccccc3-c3ccccc31)c1ccccc1-2.Cc1ccc2c3c(c4c(c2c1)C=CCC4)CCC=C3.Cc1cccc(-c2ccc(-c3ccccc3)cc2)c1. The molecule has 0 saturated carbocycles. The molecule has 0 nitrogen and oxygen atoms in total. The van der Waals surface area contributed by atoms with Crippen molar-refractivity contribution in [3.63, 3.8) is 0 Å². The summed E-state index contributed by atoms with van der Waals surface area (Å²) in [6, 6.07) is 68.5. The third-order valence-electron chi connectivity index (χ3n) is 14.0. The molecule has 69 heavy (non-hydrogen) atoms. The van der Waals surface area contributed by atoms with Gasteiger partial charge in [0, 0.05) is 0 Å². The lowest BCUT2D eigenvalue weighted by Gasteiger charge is -2.30. The standard InChI is InChI=1S/C26H18.C19H18.C19H16.C3H8.C2H6/c1-17-14-15-21-20-10-4-7-13-24(20)26(25(21)16-17)22-11-5-2-8-18(22)19-9-3-6-12-23(19)26;1-13-10-11-18-16-8-3-2-6-14(16)15-7-4-5-9-17(15)19(18)12-13;1-15-6-5-9-19(14-15)18-12-10-17(11-13-18)16-7-3-2-4-8-16;1-3-2;1-2/h2-16H,1H3;3,5,8-12H,2,4,6-7H2,1H3;2-14H,1H3;3H2,1-2H3;1-2H3. The van der Waals surface area contributed by atoms with Crippen LogP contribution in [0.1, 0.15) is 108 Å². The molecule has 0 fully saturated rings. The van der Waals surface area contributed by atoms with Gasteiger partial charge in [-0.3, -0.25) is 0 Å². The lowest BCUT2D eigenvalue weighted by atomic mass is 9.70. The van der Waals surface area contributed by atoms with Crippen molar-refractivity contribution < 1.29 is 0 Å². The minimum Gasteiger partial charge on any atom is -0.0836 e. The molecule has 0 heterocycles. The number of benzene rings is 9. The van der Waals surface area contributed by atoms with Crippen LogP contribution in [0.25, 0.3) is 67.4 Å². The third-order valence-corrected chi connectivity index (χ3v) is 14.0. The zero-order chi connectivity index (χ0) is 47.9. The molecule has 0 amide bonds. The highest BCUT2D eigenvalue weighted by molar-refractivity contribution is 6.00. The molecule has 1 spiro atoms. The van der Waals surface area contributed by atoms with E-state index in [-0.39, 0.29) is 5.41 Å². The van der Waals surface area contributed by atoms with Crippen molar-refractivity contribution in [2.24, 2.45) is 0 Å². The minimum absolute atomic E-state index is 0.189. The summed E-state index contributed by atoms with van der Waals surface area (Å²) in [7, 11) is 0. The second kappa shape index (κ2) is 20.9. The van der Waals surface area contributed by atoms with Gasteiger partial charge in [-0.15, -0.1) is 0 Å². The van der Waals surface area contributed by atoms with Crippen LogP contribution in [0.3, 0.4) is 0 Å². The van der Waals surface area contributed by atoms with Crippen molar-refractivity contribution in [1.82, 2.24) is 0 Å². The molecule has 9 aromatic rings. The van der Waals surface area contributed by atoms with Crippen molar-refractivity contribution in [2.75, 3.05) is 0 Å². The molecule has 0 bridgehead atoms. The van der Waals surface area contributed by atoms with Crippen molar-refractivity contribution in [2.45, 2.75) is 86.0 Å². The number of rotatable bonds is 2. The fourth-order valence-corrected chi connectivity index (χ4v) is 11.1. The van der Waals surface area contributed by atoms with Gasteiger partial charge in [0.25, 0.3) is 0 Å². The Kier molecular flexibility index (Phi) is 14.2. The van der Waals surface area contributed by atoms with Crippen LogP contribution in [0.2, 0.25) is 0 Å². The molecule has 0 N–H and O–H groups in total. The average molecular weight is 895 g/mol. The van der Waals surface area contributed by atoms with E-state index in [0.29, 0.717) is 0 Å². The molecule has 0 aliphatic heterocycles. The first kappa shape index (κ1) is 46.8. The Balaban J connectivity index is 0.000000125. The molecule has 4 aliphatic rings. The van der Waals surface area contributed by atoms with Crippen LogP contribution in [0.4, 0.5) is 0 Å². The van der Waals surface area contributed by atoms with Crippen LogP contribution >= 0.6 is 0 Å². The highest BCUT2D eigenvalue weighted by atomic mass is 14.5. The zero-order valence-corrected chi connectivity index (χ0v) is 41.7. The van der Waals surface area contributed by atoms with Crippen molar-refractivity contribution >= 4 is 22.9 Å². The van der Waals surface area contributed by atoms with Gasteiger partial charge in [0.1, 0.15) is 0 Å². The first-order valence-corrected chi connectivity index (χ1v) is 25.4. The summed E-state index contributed by atoms with van der Waals surface area (Å²) in [4.78, 5) is 0. The first-order chi connectivity index (χ1) is 33.9. The van der Waals surface area contributed by atoms with E-state index in [2.05, 4.69) is 241 Å². The van der Waals surface area contributed by atoms with Gasteiger partial charge in [-0.1, -0.05) is 263 Å². The van der Waals surface area contributed by atoms with Crippen LogP contribution in [-0.4, -0.2) is 0 Å². The molecule has 0 atom stereocenters. The molecular weight excluding hydrogens is 829 g/mol. The fourth-order valence-electron chi connectivity index (χ4n) is 11.1. The van der Waals surface area contributed by atoms with E-state index in [1.807, 2.05) is 19.9 Å². The topological polar surface area (TPSA) is 0 Å². The van der Waals surface area contributed by atoms with Gasteiger partial charge in [-0.25, -0.2) is 0 Å². The first-order valence-electron chi connectivity index (χ1n) is 25.4. The van der Waals surface area contributed by atoms with Gasteiger partial charge in [-0.2, -0.15) is 0 Å². The molecule has 0 aromatic heterocycles.